The zero-order chi connectivity index (χ0) is 22.9. The molecule has 0 bridgehead atoms. The van der Waals surface area contributed by atoms with Gasteiger partial charge >= 0.3 is 0 Å². The molecule has 8 heteroatoms. The summed E-state index contributed by atoms with van der Waals surface area (Å²) in [6.45, 7) is 1.83. The molecule has 1 aliphatic heterocycles. The maximum absolute atomic E-state index is 6.79. The van der Waals surface area contributed by atoms with Gasteiger partial charge in [-0.15, -0.1) is 0 Å². The molecule has 7 rings (SSSR count). The molecular formula is C26H24ClN7. The zero-order valence-electron chi connectivity index (χ0n) is 18.6. The number of nitrogens with two attached hydrogens (primary N) is 1. The number of aromatic amines is 1. The maximum atomic E-state index is 6.79. The number of rotatable bonds is 2. The number of nitrogens with one attached hydrogen (secondary N) is 1. The first-order valence-corrected chi connectivity index (χ1v) is 12.0. The Bertz CT molecular complexity index is 1540. The van der Waals surface area contributed by atoms with Crippen LogP contribution in [0.1, 0.15) is 30.0 Å². The molecule has 34 heavy (non-hydrogen) atoms. The predicted molar refractivity (Wildman–Crippen MR) is 134 cm³/mol. The summed E-state index contributed by atoms with van der Waals surface area (Å²) in [6, 6.07) is 10.7. The number of halogens is 1. The topological polar surface area (TPSA) is 88.1 Å². The molecule has 4 aromatic heterocycles. The summed E-state index contributed by atoms with van der Waals surface area (Å²) in [7, 11) is 0. The number of fused-ring (bicyclic) bond motifs is 4. The van der Waals surface area contributed by atoms with Gasteiger partial charge in [0.05, 0.1) is 10.4 Å². The Morgan fingerprint density at radius 2 is 1.94 bits per heavy atom. The van der Waals surface area contributed by atoms with Gasteiger partial charge in [-0.05, 0) is 41.9 Å². The highest BCUT2D eigenvalue weighted by molar-refractivity contribution is 6.33. The van der Waals surface area contributed by atoms with Gasteiger partial charge in [-0.1, -0.05) is 35.9 Å². The van der Waals surface area contributed by atoms with E-state index in [2.05, 4.69) is 43.5 Å². The van der Waals surface area contributed by atoms with Gasteiger partial charge in [0.2, 0.25) is 5.95 Å². The van der Waals surface area contributed by atoms with Crippen molar-refractivity contribution < 1.29 is 0 Å². The molecule has 5 heterocycles. The first kappa shape index (κ1) is 20.0. The van der Waals surface area contributed by atoms with E-state index in [1.54, 1.807) is 12.4 Å². The number of hydrogen-bond acceptors (Lipinski definition) is 5. The quantitative estimate of drug-likeness (QED) is 0.389. The summed E-state index contributed by atoms with van der Waals surface area (Å²) in [5, 5.41) is 1.57. The molecule has 1 aliphatic carbocycles. The number of imidazole rings is 1. The maximum Gasteiger partial charge on any atom is 0.213 e. The van der Waals surface area contributed by atoms with Crippen molar-refractivity contribution in [3.05, 3.63) is 77.5 Å². The number of aromatic nitrogens is 5. The van der Waals surface area contributed by atoms with Gasteiger partial charge in [0.15, 0.2) is 5.65 Å². The normalized spacial score (nSPS) is 19.4. The minimum Gasteiger partial charge on any atom is -0.345 e. The Labute approximate surface area is 201 Å². The van der Waals surface area contributed by atoms with Gasteiger partial charge in [0, 0.05) is 61.2 Å². The molecule has 1 fully saturated rings. The average Bonchev–Trinajstić information content (AvgIpc) is 3.57. The standard InChI is InChI=1S/C26H24ClN7/c27-20-15-29-8-5-18(20)19-14-31-23-21(19)24-30-9-12-34(24)25(32-23)33-10-6-26(7-11-33)13-16-3-1-2-4-17(16)22(26)28/h1-5,8-9,12,14-15,22,31H,6-7,10-11,13,28H2/t22-/m1/s1. The second-order valence-corrected chi connectivity index (χ2v) is 9.92. The van der Waals surface area contributed by atoms with Crippen molar-refractivity contribution in [1.29, 1.82) is 0 Å². The van der Waals surface area contributed by atoms with E-state index in [4.69, 9.17) is 27.3 Å². The lowest BCUT2D eigenvalue weighted by molar-refractivity contribution is 0.187. The molecule has 5 aromatic rings. The van der Waals surface area contributed by atoms with Crippen molar-refractivity contribution in [2.75, 3.05) is 18.0 Å². The van der Waals surface area contributed by atoms with Crippen LogP contribution in [0.2, 0.25) is 5.02 Å². The fourth-order valence-corrected chi connectivity index (χ4v) is 6.24. The van der Waals surface area contributed by atoms with Crippen LogP contribution in [0.25, 0.3) is 27.8 Å². The predicted octanol–water partition coefficient (Wildman–Crippen LogP) is 4.77. The zero-order valence-corrected chi connectivity index (χ0v) is 19.3. The van der Waals surface area contributed by atoms with Crippen LogP contribution in [0.5, 0.6) is 0 Å². The molecule has 7 nitrogen and oxygen atoms in total. The van der Waals surface area contributed by atoms with E-state index in [0.29, 0.717) is 5.02 Å². The summed E-state index contributed by atoms with van der Waals surface area (Å²) < 4.78 is 2.09. The number of nitrogens with zero attached hydrogens (tertiary/aromatic N) is 5. The van der Waals surface area contributed by atoms with E-state index in [9.17, 15) is 0 Å². The third kappa shape index (κ3) is 2.77. The number of piperidine rings is 1. The van der Waals surface area contributed by atoms with Gasteiger partial charge in [0.25, 0.3) is 0 Å². The largest absolute Gasteiger partial charge is 0.345 e. The monoisotopic (exact) mass is 469 g/mol. The first-order chi connectivity index (χ1) is 16.6. The second-order valence-electron chi connectivity index (χ2n) is 9.52. The second kappa shape index (κ2) is 7.29. The summed E-state index contributed by atoms with van der Waals surface area (Å²) in [5.41, 5.74) is 13.2. The minimum absolute atomic E-state index is 0.102. The number of hydrogen-bond donors (Lipinski definition) is 2. The molecule has 2 aliphatic rings. The summed E-state index contributed by atoms with van der Waals surface area (Å²) in [6.07, 6.45) is 12.3. The fraction of sp³-hybridized carbons (Fsp3) is 0.269. The molecule has 1 saturated heterocycles. The van der Waals surface area contributed by atoms with Gasteiger partial charge in [0.1, 0.15) is 5.65 Å². The molecule has 1 atom stereocenters. The van der Waals surface area contributed by atoms with E-state index in [1.807, 2.05) is 24.7 Å². The highest BCUT2D eigenvalue weighted by Crippen LogP contribution is 2.51. The average molecular weight is 470 g/mol. The van der Waals surface area contributed by atoms with Crippen molar-refractivity contribution in [2.24, 2.45) is 11.1 Å². The Kier molecular flexibility index (Phi) is 4.29. The van der Waals surface area contributed by atoms with Gasteiger partial charge in [-0.3, -0.25) is 9.38 Å². The molecule has 0 radical (unpaired) electrons. The molecular weight excluding hydrogens is 446 g/mol. The van der Waals surface area contributed by atoms with Crippen LogP contribution in [-0.2, 0) is 6.42 Å². The molecule has 1 spiro atoms. The van der Waals surface area contributed by atoms with Crippen molar-refractivity contribution in [3.8, 4) is 11.1 Å². The lowest BCUT2D eigenvalue weighted by Gasteiger charge is -2.42. The van der Waals surface area contributed by atoms with Gasteiger partial charge in [-0.2, -0.15) is 4.98 Å². The Hall–Kier alpha value is -3.42. The van der Waals surface area contributed by atoms with E-state index >= 15 is 0 Å². The van der Waals surface area contributed by atoms with Crippen LogP contribution in [-0.4, -0.2) is 37.4 Å². The minimum atomic E-state index is 0.102. The lowest BCUT2D eigenvalue weighted by atomic mass is 9.73. The fourth-order valence-electron chi connectivity index (χ4n) is 6.02. The van der Waals surface area contributed by atoms with Crippen LogP contribution in [0.15, 0.2) is 61.3 Å². The Morgan fingerprint density at radius 1 is 1.09 bits per heavy atom. The van der Waals surface area contributed by atoms with Crippen LogP contribution >= 0.6 is 11.6 Å². The highest BCUT2D eigenvalue weighted by Gasteiger charge is 2.46. The number of pyridine rings is 1. The molecule has 3 N–H and O–H groups in total. The van der Waals surface area contributed by atoms with Crippen molar-refractivity contribution >= 4 is 34.2 Å². The molecule has 0 amide bonds. The molecule has 1 aromatic carbocycles. The third-order valence-electron chi connectivity index (χ3n) is 7.85. The van der Waals surface area contributed by atoms with E-state index in [0.717, 1.165) is 66.1 Å². The molecule has 0 saturated carbocycles. The number of H-pyrrole nitrogens is 1. The van der Waals surface area contributed by atoms with Gasteiger partial charge in [-0.25, -0.2) is 4.98 Å². The van der Waals surface area contributed by atoms with Crippen LogP contribution < -0.4 is 10.6 Å². The summed E-state index contributed by atoms with van der Waals surface area (Å²) in [5.74, 6) is 0.910. The van der Waals surface area contributed by atoms with Gasteiger partial charge < -0.3 is 15.6 Å². The molecule has 0 unspecified atom stereocenters. The number of benzene rings is 1. The van der Waals surface area contributed by atoms with Crippen molar-refractivity contribution in [1.82, 2.24) is 24.3 Å². The number of anilines is 1. The van der Waals surface area contributed by atoms with E-state index in [1.165, 1.54) is 11.1 Å². The first-order valence-electron chi connectivity index (χ1n) is 11.7. The smallest absolute Gasteiger partial charge is 0.213 e. The SMILES string of the molecule is N[C@@H]1c2ccccc2CC12CCN(c1nc3[nH]cc(-c4ccncc4Cl)c3c3nccn13)CC2. The van der Waals surface area contributed by atoms with E-state index < -0.39 is 0 Å². The van der Waals surface area contributed by atoms with Crippen molar-refractivity contribution in [3.63, 3.8) is 0 Å². The van der Waals surface area contributed by atoms with Crippen LogP contribution in [0, 0.1) is 5.41 Å². The summed E-state index contributed by atoms with van der Waals surface area (Å²) in [4.78, 5) is 19.6. The van der Waals surface area contributed by atoms with Crippen LogP contribution in [0.3, 0.4) is 0 Å². The van der Waals surface area contributed by atoms with Crippen LogP contribution in [0.4, 0.5) is 5.95 Å². The van der Waals surface area contributed by atoms with Crippen molar-refractivity contribution in [2.45, 2.75) is 25.3 Å². The third-order valence-corrected chi connectivity index (χ3v) is 8.15. The lowest BCUT2D eigenvalue weighted by Crippen LogP contribution is -2.45. The highest BCUT2D eigenvalue weighted by atomic mass is 35.5. The molecule has 170 valence electrons. The Morgan fingerprint density at radius 3 is 2.76 bits per heavy atom. The van der Waals surface area contributed by atoms with E-state index in [-0.39, 0.29) is 11.5 Å². The summed E-state index contributed by atoms with van der Waals surface area (Å²) >= 11 is 6.46. The Balaban J connectivity index is 1.26.